The first-order valence-corrected chi connectivity index (χ1v) is 7.02. The summed E-state index contributed by atoms with van der Waals surface area (Å²) in [5, 5.41) is 11.1. The van der Waals surface area contributed by atoms with Crippen molar-refractivity contribution >= 4 is 17.5 Å². The second kappa shape index (κ2) is 7.95. The Balaban J connectivity index is 2.22. The third kappa shape index (κ3) is 4.17. The number of hydrogen-bond donors (Lipinski definition) is 2. The van der Waals surface area contributed by atoms with Gasteiger partial charge in [0, 0.05) is 12.2 Å². The first kappa shape index (κ1) is 15.7. The molecule has 0 atom stereocenters. The number of nitrogens with one attached hydrogen (secondary N) is 1. The van der Waals surface area contributed by atoms with E-state index in [1.165, 1.54) is 4.90 Å². The van der Waals surface area contributed by atoms with Crippen LogP contribution in [0.2, 0.25) is 0 Å². The lowest BCUT2D eigenvalue weighted by Gasteiger charge is -2.22. The Bertz CT molecular complexity index is 614. The summed E-state index contributed by atoms with van der Waals surface area (Å²) in [6, 6.07) is 18.5. The van der Waals surface area contributed by atoms with Gasteiger partial charge in [-0.15, -0.1) is 0 Å². The monoisotopic (exact) mass is 298 g/mol. The van der Waals surface area contributed by atoms with Gasteiger partial charge in [0.15, 0.2) is 0 Å². The number of carbonyl (C=O) groups is 2. The van der Waals surface area contributed by atoms with E-state index in [0.29, 0.717) is 12.2 Å². The van der Waals surface area contributed by atoms with Crippen molar-refractivity contribution in [3.63, 3.8) is 0 Å². The molecule has 0 radical (unpaired) electrons. The molecule has 22 heavy (non-hydrogen) atoms. The Kier molecular flexibility index (Phi) is 5.68. The normalized spacial score (nSPS) is 10.0. The Morgan fingerprint density at radius 1 is 0.955 bits per heavy atom. The van der Waals surface area contributed by atoms with E-state index in [2.05, 4.69) is 5.32 Å². The van der Waals surface area contributed by atoms with Crippen LogP contribution in [0.1, 0.15) is 5.56 Å². The van der Waals surface area contributed by atoms with Crippen LogP contribution < -0.4 is 10.2 Å². The first-order chi connectivity index (χ1) is 10.7. The Labute approximate surface area is 129 Å². The maximum absolute atomic E-state index is 12.4. The number of hydrogen-bond acceptors (Lipinski definition) is 3. The molecule has 0 aliphatic rings. The van der Waals surface area contributed by atoms with Gasteiger partial charge in [-0.25, -0.2) is 0 Å². The van der Waals surface area contributed by atoms with Gasteiger partial charge in [-0.3, -0.25) is 14.5 Å². The van der Waals surface area contributed by atoms with E-state index in [0.717, 1.165) is 5.56 Å². The number of para-hydroxylation sites is 1. The van der Waals surface area contributed by atoms with Gasteiger partial charge in [-0.2, -0.15) is 0 Å². The van der Waals surface area contributed by atoms with E-state index in [1.807, 2.05) is 48.5 Å². The number of benzene rings is 2. The summed E-state index contributed by atoms with van der Waals surface area (Å²) in [4.78, 5) is 25.7. The van der Waals surface area contributed by atoms with Crippen molar-refractivity contribution in [1.29, 1.82) is 0 Å². The first-order valence-electron chi connectivity index (χ1n) is 7.02. The van der Waals surface area contributed by atoms with Gasteiger partial charge in [0.05, 0.1) is 13.2 Å². The van der Waals surface area contributed by atoms with Gasteiger partial charge >= 0.3 is 11.8 Å². The lowest BCUT2D eigenvalue weighted by molar-refractivity contribution is -0.137. The second-order valence-corrected chi connectivity index (χ2v) is 4.69. The molecule has 0 heterocycles. The quantitative estimate of drug-likeness (QED) is 0.818. The highest BCUT2D eigenvalue weighted by molar-refractivity contribution is 6.40. The zero-order valence-corrected chi connectivity index (χ0v) is 12.1. The van der Waals surface area contributed by atoms with E-state index in [9.17, 15) is 9.59 Å². The van der Waals surface area contributed by atoms with Crippen LogP contribution in [-0.2, 0) is 16.1 Å². The van der Waals surface area contributed by atoms with Crippen LogP contribution in [0.25, 0.3) is 0 Å². The largest absolute Gasteiger partial charge is 0.395 e. The van der Waals surface area contributed by atoms with E-state index in [1.54, 1.807) is 12.1 Å². The van der Waals surface area contributed by atoms with Crippen LogP contribution in [0.5, 0.6) is 0 Å². The van der Waals surface area contributed by atoms with Crippen molar-refractivity contribution in [2.75, 3.05) is 18.1 Å². The number of amides is 2. The number of carbonyl (C=O) groups excluding carboxylic acids is 2. The molecule has 5 heteroatoms. The van der Waals surface area contributed by atoms with Gasteiger partial charge in [-0.1, -0.05) is 48.5 Å². The molecule has 0 saturated carbocycles. The fourth-order valence-corrected chi connectivity index (χ4v) is 2.02. The van der Waals surface area contributed by atoms with Crippen molar-refractivity contribution < 1.29 is 14.7 Å². The molecule has 0 saturated heterocycles. The lowest BCUT2D eigenvalue weighted by atomic mass is 10.2. The van der Waals surface area contributed by atoms with Crippen molar-refractivity contribution in [1.82, 2.24) is 5.32 Å². The third-order valence-electron chi connectivity index (χ3n) is 3.09. The average molecular weight is 298 g/mol. The minimum absolute atomic E-state index is 0.0541. The number of anilines is 1. The van der Waals surface area contributed by atoms with Gasteiger partial charge in [0.25, 0.3) is 0 Å². The molecule has 0 unspecified atom stereocenters. The predicted octanol–water partition coefficient (Wildman–Crippen LogP) is 1.33. The maximum atomic E-state index is 12.4. The van der Waals surface area contributed by atoms with Crippen LogP contribution in [0.15, 0.2) is 60.7 Å². The van der Waals surface area contributed by atoms with E-state index < -0.39 is 11.8 Å². The molecule has 2 aromatic carbocycles. The van der Waals surface area contributed by atoms with Crippen LogP contribution in [0.4, 0.5) is 5.69 Å². The molecule has 114 valence electrons. The SMILES string of the molecule is O=C(NCCO)C(=O)N(Cc1ccccc1)c1ccccc1. The topological polar surface area (TPSA) is 69.6 Å². The highest BCUT2D eigenvalue weighted by atomic mass is 16.3. The second-order valence-electron chi connectivity index (χ2n) is 4.69. The van der Waals surface area contributed by atoms with E-state index >= 15 is 0 Å². The fourth-order valence-electron chi connectivity index (χ4n) is 2.02. The highest BCUT2D eigenvalue weighted by Gasteiger charge is 2.23. The van der Waals surface area contributed by atoms with Crippen LogP contribution >= 0.6 is 0 Å². The maximum Gasteiger partial charge on any atom is 0.316 e. The van der Waals surface area contributed by atoms with Gasteiger partial charge in [0.2, 0.25) is 0 Å². The summed E-state index contributed by atoms with van der Waals surface area (Å²) in [7, 11) is 0. The number of rotatable bonds is 5. The van der Waals surface area contributed by atoms with Crippen molar-refractivity contribution in [3.05, 3.63) is 66.2 Å². The molecule has 0 aromatic heterocycles. The van der Waals surface area contributed by atoms with Crippen molar-refractivity contribution in [3.8, 4) is 0 Å². The molecule has 0 aliphatic carbocycles. The minimum Gasteiger partial charge on any atom is -0.395 e. The van der Waals surface area contributed by atoms with E-state index in [4.69, 9.17) is 5.11 Å². The summed E-state index contributed by atoms with van der Waals surface area (Å²) in [5.41, 5.74) is 1.57. The van der Waals surface area contributed by atoms with Gasteiger partial charge in [0.1, 0.15) is 0 Å². The van der Waals surface area contributed by atoms with Crippen molar-refractivity contribution in [2.45, 2.75) is 6.54 Å². The number of nitrogens with zero attached hydrogens (tertiary/aromatic N) is 1. The predicted molar refractivity (Wildman–Crippen MR) is 84.2 cm³/mol. The van der Waals surface area contributed by atoms with E-state index in [-0.39, 0.29) is 13.2 Å². The molecular formula is C17H18N2O3. The van der Waals surface area contributed by atoms with Gasteiger partial charge in [-0.05, 0) is 17.7 Å². The van der Waals surface area contributed by atoms with Crippen LogP contribution in [0, 0.1) is 0 Å². The Morgan fingerprint density at radius 2 is 1.55 bits per heavy atom. The highest BCUT2D eigenvalue weighted by Crippen LogP contribution is 2.17. The zero-order chi connectivity index (χ0) is 15.8. The molecule has 2 N–H and O–H groups in total. The summed E-state index contributed by atoms with van der Waals surface area (Å²) in [5.74, 6) is -1.38. The molecule has 0 aliphatic heterocycles. The third-order valence-corrected chi connectivity index (χ3v) is 3.09. The zero-order valence-electron chi connectivity index (χ0n) is 12.1. The number of aliphatic hydroxyl groups is 1. The summed E-state index contributed by atoms with van der Waals surface area (Å²) in [6.07, 6.45) is 0. The molecule has 0 spiro atoms. The van der Waals surface area contributed by atoms with Gasteiger partial charge < -0.3 is 10.4 Å². The fraction of sp³-hybridized carbons (Fsp3) is 0.176. The molecule has 2 aromatic rings. The van der Waals surface area contributed by atoms with Crippen LogP contribution in [0.3, 0.4) is 0 Å². The van der Waals surface area contributed by atoms with Crippen LogP contribution in [-0.4, -0.2) is 30.1 Å². The molecule has 0 fully saturated rings. The number of aliphatic hydroxyl groups excluding tert-OH is 1. The average Bonchev–Trinajstić information content (AvgIpc) is 2.58. The lowest BCUT2D eigenvalue weighted by Crippen LogP contribution is -2.43. The Morgan fingerprint density at radius 3 is 2.14 bits per heavy atom. The smallest absolute Gasteiger partial charge is 0.316 e. The molecule has 2 rings (SSSR count). The molecule has 0 bridgehead atoms. The van der Waals surface area contributed by atoms with Crippen molar-refractivity contribution in [2.24, 2.45) is 0 Å². The molecule has 2 amide bonds. The summed E-state index contributed by atoms with van der Waals surface area (Å²) in [6.45, 7) is 0.151. The molecular weight excluding hydrogens is 280 g/mol. The summed E-state index contributed by atoms with van der Waals surface area (Å²) < 4.78 is 0. The summed E-state index contributed by atoms with van der Waals surface area (Å²) >= 11 is 0. The molecule has 5 nitrogen and oxygen atoms in total. The standard InChI is InChI=1S/C17H18N2O3/c20-12-11-18-16(21)17(22)19(15-9-5-2-6-10-15)13-14-7-3-1-4-8-14/h1-10,20H,11-13H2,(H,18,21). The Hall–Kier alpha value is -2.66. The minimum atomic E-state index is -0.728.